The lowest BCUT2D eigenvalue weighted by atomic mass is 9.80. The summed E-state index contributed by atoms with van der Waals surface area (Å²) in [6, 6.07) is 24.4. The quantitative estimate of drug-likeness (QED) is 0.0103. The summed E-state index contributed by atoms with van der Waals surface area (Å²) in [5.74, 6) is -13.0. The van der Waals surface area contributed by atoms with Crippen molar-refractivity contribution >= 4 is 114 Å². The summed E-state index contributed by atoms with van der Waals surface area (Å²) in [5.41, 5.74) is -1.19. The van der Waals surface area contributed by atoms with Gasteiger partial charge in [-0.05, 0) is 118 Å². The van der Waals surface area contributed by atoms with Gasteiger partial charge in [-0.15, -0.1) is 0 Å². The Labute approximate surface area is 567 Å². The highest BCUT2D eigenvalue weighted by molar-refractivity contribution is 6.45. The van der Waals surface area contributed by atoms with Crippen molar-refractivity contribution in [3.05, 3.63) is 178 Å². The zero-order valence-corrected chi connectivity index (χ0v) is 55.0. The molecule has 2 unspecified atom stereocenters. The molecule has 0 fully saturated rings. The standard InChI is InChI=1S/C74H60N2O24/c1-35(2)67(81)93-23-25-95-69(83)37(5)75-63(77)47-31-51(97-43-19-11-15-39(27-43)71(85)89-7)57-59-53(99-45-21-13-17-41(29-45)73(87)91-9)33-49-56-50(66(80)76(65(49)79)38(6)70(84)96-26-24-94-68(82)36(3)4)34-54(100-46-22-14-18-42(30-46)74(88)92-10)60(62(56)59)58-52(32-48(64(75)78)55(47)61(57)58)98-44-20-12-16-40(28-44)72(86)90-8/h11-22,27-34,36-38H,1,23-26H2,2-10H3. The number of fused-ring (bicyclic) bond motifs is 2. The Kier molecular flexibility index (Phi) is 19.3. The third-order valence-electron chi connectivity index (χ3n) is 16.3. The van der Waals surface area contributed by atoms with E-state index in [1.807, 2.05) is 0 Å². The molecule has 2 atom stereocenters. The summed E-state index contributed by atoms with van der Waals surface area (Å²) in [4.78, 5) is 170. The van der Waals surface area contributed by atoms with Gasteiger partial charge in [0.1, 0.15) is 84.5 Å². The molecule has 4 amide bonds. The summed E-state index contributed by atoms with van der Waals surface area (Å²) in [5, 5.41) is -0.721. The summed E-state index contributed by atoms with van der Waals surface area (Å²) in [6.07, 6.45) is 0. The molecule has 100 heavy (non-hydrogen) atoms. The molecule has 0 spiro atoms. The molecule has 0 radical (unpaired) electrons. The highest BCUT2D eigenvalue weighted by Crippen LogP contribution is 2.58. The average molecular weight is 1360 g/mol. The van der Waals surface area contributed by atoms with Gasteiger partial charge in [0.2, 0.25) is 0 Å². The van der Waals surface area contributed by atoms with E-state index in [9.17, 15) is 38.4 Å². The summed E-state index contributed by atoms with van der Waals surface area (Å²) >= 11 is 0. The number of benzene rings is 9. The molecule has 0 bridgehead atoms. The Hall–Kier alpha value is -12.7. The van der Waals surface area contributed by atoms with Gasteiger partial charge in [-0.25, -0.2) is 33.6 Å². The van der Waals surface area contributed by atoms with Crippen LogP contribution in [-0.2, 0) is 57.1 Å². The molecule has 0 N–H and O–H groups in total. The minimum Gasteiger partial charge on any atom is -0.465 e. The first kappa shape index (κ1) is 68.6. The Morgan fingerprint density at radius 1 is 0.360 bits per heavy atom. The first-order valence-electron chi connectivity index (χ1n) is 30.8. The number of hydrogen-bond donors (Lipinski definition) is 0. The van der Waals surface area contributed by atoms with Crippen LogP contribution in [0.3, 0.4) is 0 Å². The molecule has 0 aromatic heterocycles. The van der Waals surface area contributed by atoms with Gasteiger partial charge in [0.05, 0.1) is 78.9 Å². The van der Waals surface area contributed by atoms with Gasteiger partial charge >= 0.3 is 47.8 Å². The zero-order valence-electron chi connectivity index (χ0n) is 55.0. The van der Waals surface area contributed by atoms with Crippen molar-refractivity contribution in [2.45, 2.75) is 46.7 Å². The number of carbonyl (C=O) groups excluding carboxylic acids is 12. The maximum absolute atomic E-state index is 15.8. The minimum absolute atomic E-state index is 0.00915. The Bertz CT molecular complexity index is 4760. The molecule has 2 heterocycles. The highest BCUT2D eigenvalue weighted by Gasteiger charge is 2.45. The number of methoxy groups -OCH3 is 4. The predicted molar refractivity (Wildman–Crippen MR) is 352 cm³/mol. The van der Waals surface area contributed by atoms with Crippen LogP contribution in [0.15, 0.2) is 133 Å². The van der Waals surface area contributed by atoms with Crippen LogP contribution in [-0.4, -0.2) is 148 Å². The number of carbonyl (C=O) groups is 12. The number of hydrogen-bond acceptors (Lipinski definition) is 24. The lowest BCUT2D eigenvalue weighted by Crippen LogP contribution is -2.50. The fourth-order valence-electron chi connectivity index (χ4n) is 11.6. The number of ether oxygens (including phenoxy) is 12. The van der Waals surface area contributed by atoms with Gasteiger partial charge in [0.25, 0.3) is 23.6 Å². The van der Waals surface area contributed by atoms with Crippen LogP contribution in [0.5, 0.6) is 46.0 Å². The maximum atomic E-state index is 15.8. The molecular weight excluding hydrogens is 1300 g/mol. The van der Waals surface area contributed by atoms with Gasteiger partial charge in [0, 0.05) is 48.7 Å². The molecule has 9 aromatic rings. The number of esters is 8. The van der Waals surface area contributed by atoms with Crippen LogP contribution in [0.25, 0.3) is 43.1 Å². The fourth-order valence-corrected chi connectivity index (χ4v) is 11.6. The third kappa shape index (κ3) is 12.8. The Morgan fingerprint density at radius 2 is 0.620 bits per heavy atom. The van der Waals surface area contributed by atoms with E-state index >= 15 is 19.2 Å². The fraction of sp³-hybridized carbons (Fsp3) is 0.216. The first-order chi connectivity index (χ1) is 47.9. The molecule has 2 aliphatic heterocycles. The van der Waals surface area contributed by atoms with Crippen molar-refractivity contribution < 1.29 is 114 Å². The van der Waals surface area contributed by atoms with Gasteiger partial charge in [-0.2, -0.15) is 0 Å². The third-order valence-corrected chi connectivity index (χ3v) is 16.3. The second kappa shape index (κ2) is 28.1. The lowest BCUT2D eigenvalue weighted by Gasteiger charge is -2.34. The van der Waals surface area contributed by atoms with Crippen LogP contribution >= 0.6 is 0 Å². The van der Waals surface area contributed by atoms with E-state index in [1.165, 1.54) is 142 Å². The Morgan fingerprint density at radius 3 is 0.870 bits per heavy atom. The minimum atomic E-state index is -1.72. The van der Waals surface area contributed by atoms with E-state index < -0.39 is 109 Å². The Balaban J connectivity index is 1.30. The van der Waals surface area contributed by atoms with Gasteiger partial charge in [0.15, 0.2) is 0 Å². The van der Waals surface area contributed by atoms with Crippen molar-refractivity contribution in [1.29, 1.82) is 0 Å². The van der Waals surface area contributed by atoms with Gasteiger partial charge in [-0.1, -0.05) is 44.7 Å². The molecule has 9 aromatic carbocycles. The topological polar surface area (TPSA) is 322 Å². The van der Waals surface area contributed by atoms with Crippen LogP contribution in [0, 0.1) is 5.92 Å². The van der Waals surface area contributed by atoms with E-state index in [0.29, 0.717) is 9.80 Å². The summed E-state index contributed by atoms with van der Waals surface area (Å²) in [7, 11) is 4.65. The summed E-state index contributed by atoms with van der Waals surface area (Å²) in [6.45, 7) is 8.86. The number of amides is 4. The zero-order chi connectivity index (χ0) is 71.7. The van der Waals surface area contributed by atoms with Crippen molar-refractivity contribution in [2.24, 2.45) is 5.92 Å². The van der Waals surface area contributed by atoms with Crippen LogP contribution < -0.4 is 18.9 Å². The lowest BCUT2D eigenvalue weighted by molar-refractivity contribution is -0.156. The normalized spacial score (nSPS) is 13.0. The van der Waals surface area contributed by atoms with Crippen molar-refractivity contribution in [3.8, 4) is 46.0 Å². The molecule has 26 heteroatoms. The molecular formula is C74H60N2O24. The highest BCUT2D eigenvalue weighted by atomic mass is 16.6. The molecule has 26 nitrogen and oxygen atoms in total. The number of nitrogens with zero attached hydrogens (tertiary/aromatic N) is 2. The second-order valence-electron chi connectivity index (χ2n) is 23.1. The van der Waals surface area contributed by atoms with Crippen molar-refractivity contribution in [3.63, 3.8) is 0 Å². The SMILES string of the molecule is C=C(C)C(=O)OCCOC(=O)C(C)N1C(=O)c2cc(Oc3cccc(C(=O)OC)c3)c3c4c(Oc5cccc(C(=O)OC)c5)cc5c6c(cc(Oc7cccc(C(=O)OC)c7)c(c7c(Oc8cccc(C(=O)OC)c8)cc(c2c37)C1=O)c64)C(=O)N(C(C)C(=O)OCCOC(=O)C(C)C)C5=O. The molecule has 510 valence electrons. The molecule has 0 saturated heterocycles. The molecule has 0 saturated carbocycles. The smallest absolute Gasteiger partial charge is 0.337 e. The average Bonchev–Trinajstić information content (AvgIpc) is 0.672. The second-order valence-corrected chi connectivity index (χ2v) is 23.1. The number of imide groups is 2. The molecule has 0 aliphatic carbocycles. The maximum Gasteiger partial charge on any atom is 0.337 e. The van der Waals surface area contributed by atoms with E-state index in [2.05, 4.69) is 6.58 Å². The largest absolute Gasteiger partial charge is 0.465 e. The van der Waals surface area contributed by atoms with Gasteiger partial charge < -0.3 is 56.8 Å². The van der Waals surface area contributed by atoms with E-state index in [1.54, 1.807) is 13.8 Å². The summed E-state index contributed by atoms with van der Waals surface area (Å²) < 4.78 is 69.3. The van der Waals surface area contributed by atoms with E-state index in [-0.39, 0.29) is 146 Å². The van der Waals surface area contributed by atoms with Crippen molar-refractivity contribution in [2.75, 3.05) is 54.9 Å². The van der Waals surface area contributed by atoms with Crippen LogP contribution in [0.2, 0.25) is 0 Å². The molecule has 2 aliphatic rings. The van der Waals surface area contributed by atoms with E-state index in [0.717, 1.165) is 28.4 Å². The van der Waals surface area contributed by atoms with Crippen LogP contribution in [0.4, 0.5) is 0 Å². The number of rotatable bonds is 24. The monoisotopic (exact) mass is 1360 g/mol. The van der Waals surface area contributed by atoms with Gasteiger partial charge in [-0.3, -0.25) is 33.8 Å². The molecule has 11 rings (SSSR count). The predicted octanol–water partition coefficient (Wildman–Crippen LogP) is 11.4. The first-order valence-corrected chi connectivity index (χ1v) is 30.8. The van der Waals surface area contributed by atoms with Crippen molar-refractivity contribution in [1.82, 2.24) is 9.80 Å². The van der Waals surface area contributed by atoms with E-state index in [4.69, 9.17) is 56.8 Å². The van der Waals surface area contributed by atoms with Crippen LogP contribution in [0.1, 0.15) is 117 Å².